The van der Waals surface area contributed by atoms with Gasteiger partial charge in [-0.2, -0.15) is 0 Å². The van der Waals surface area contributed by atoms with Gasteiger partial charge in [-0.25, -0.2) is 13.1 Å². The number of nitro groups is 1. The minimum Gasteiger partial charge on any atom is -0.258 e. The SMILES string of the molecule is CC(NS(=O)(=O)c1ccc([N+](=O)[O-])cc1)c1ccc(-c2ccccc2)cc1. The quantitative estimate of drug-likeness (QED) is 0.508. The predicted molar refractivity (Wildman–Crippen MR) is 104 cm³/mol. The van der Waals surface area contributed by atoms with Crippen LogP contribution in [0.1, 0.15) is 18.5 Å². The molecule has 0 bridgehead atoms. The molecular formula is C20H18N2O4S. The standard InChI is InChI=1S/C20H18N2O4S/c1-15(16-7-9-18(10-8-16)17-5-3-2-4-6-17)21-27(25,26)20-13-11-19(12-14-20)22(23)24/h2-15,21H,1H3. The molecular weight excluding hydrogens is 364 g/mol. The number of hydrogen-bond acceptors (Lipinski definition) is 4. The van der Waals surface area contributed by atoms with Crippen LogP contribution in [0.5, 0.6) is 0 Å². The first kappa shape index (κ1) is 18.8. The Morgan fingerprint density at radius 1 is 0.852 bits per heavy atom. The van der Waals surface area contributed by atoms with E-state index in [0.29, 0.717) is 0 Å². The van der Waals surface area contributed by atoms with Crippen molar-refractivity contribution in [3.63, 3.8) is 0 Å². The molecule has 0 aromatic heterocycles. The highest BCUT2D eigenvalue weighted by Gasteiger charge is 2.19. The van der Waals surface area contributed by atoms with Crippen LogP contribution < -0.4 is 4.72 Å². The van der Waals surface area contributed by atoms with E-state index in [1.807, 2.05) is 54.6 Å². The first-order chi connectivity index (χ1) is 12.9. The third-order valence-corrected chi connectivity index (χ3v) is 5.76. The van der Waals surface area contributed by atoms with Gasteiger partial charge >= 0.3 is 0 Å². The highest BCUT2D eigenvalue weighted by atomic mass is 32.2. The molecule has 0 heterocycles. The van der Waals surface area contributed by atoms with E-state index in [9.17, 15) is 18.5 Å². The summed E-state index contributed by atoms with van der Waals surface area (Å²) in [5, 5.41) is 10.7. The molecule has 1 atom stereocenters. The van der Waals surface area contributed by atoms with Crippen LogP contribution in [0.4, 0.5) is 5.69 Å². The number of hydrogen-bond donors (Lipinski definition) is 1. The van der Waals surface area contributed by atoms with Crippen molar-refractivity contribution in [2.45, 2.75) is 17.9 Å². The minimum atomic E-state index is -3.79. The largest absolute Gasteiger partial charge is 0.269 e. The van der Waals surface area contributed by atoms with Crippen molar-refractivity contribution in [2.75, 3.05) is 0 Å². The Morgan fingerprint density at radius 3 is 1.96 bits per heavy atom. The lowest BCUT2D eigenvalue weighted by Crippen LogP contribution is -2.26. The van der Waals surface area contributed by atoms with Crippen LogP contribution in [0.2, 0.25) is 0 Å². The molecule has 3 rings (SSSR count). The van der Waals surface area contributed by atoms with Gasteiger partial charge in [0.25, 0.3) is 5.69 Å². The van der Waals surface area contributed by atoms with Crippen molar-refractivity contribution in [3.8, 4) is 11.1 Å². The molecule has 3 aromatic carbocycles. The van der Waals surface area contributed by atoms with E-state index < -0.39 is 21.0 Å². The number of nitrogens with one attached hydrogen (secondary N) is 1. The van der Waals surface area contributed by atoms with Gasteiger partial charge in [0.05, 0.1) is 9.82 Å². The number of sulfonamides is 1. The molecule has 0 radical (unpaired) electrons. The zero-order chi connectivity index (χ0) is 19.4. The summed E-state index contributed by atoms with van der Waals surface area (Å²) in [6.07, 6.45) is 0. The molecule has 27 heavy (non-hydrogen) atoms. The number of benzene rings is 3. The summed E-state index contributed by atoms with van der Waals surface area (Å²) < 4.78 is 27.6. The van der Waals surface area contributed by atoms with Crippen molar-refractivity contribution in [3.05, 3.63) is 94.5 Å². The van der Waals surface area contributed by atoms with E-state index >= 15 is 0 Å². The Kier molecular flexibility index (Phi) is 5.34. The Bertz CT molecular complexity index is 1030. The van der Waals surface area contributed by atoms with E-state index in [1.54, 1.807) is 6.92 Å². The number of rotatable bonds is 6. The molecule has 0 saturated heterocycles. The van der Waals surface area contributed by atoms with Gasteiger partial charge in [0, 0.05) is 18.2 Å². The summed E-state index contributed by atoms with van der Waals surface area (Å²) in [6, 6.07) is 21.9. The summed E-state index contributed by atoms with van der Waals surface area (Å²) in [5.41, 5.74) is 2.80. The van der Waals surface area contributed by atoms with Crippen LogP contribution in [0.15, 0.2) is 83.8 Å². The van der Waals surface area contributed by atoms with Crippen LogP contribution in [-0.2, 0) is 10.0 Å². The van der Waals surface area contributed by atoms with Gasteiger partial charge in [0.2, 0.25) is 10.0 Å². The second-order valence-corrected chi connectivity index (χ2v) is 7.80. The Hall–Kier alpha value is -3.03. The van der Waals surface area contributed by atoms with Crippen molar-refractivity contribution >= 4 is 15.7 Å². The maximum absolute atomic E-state index is 12.5. The first-order valence-corrected chi connectivity index (χ1v) is 9.77. The third-order valence-electron chi connectivity index (χ3n) is 4.21. The zero-order valence-corrected chi connectivity index (χ0v) is 15.4. The minimum absolute atomic E-state index is 0.0131. The summed E-state index contributed by atoms with van der Waals surface area (Å²) in [6.45, 7) is 1.75. The fourth-order valence-corrected chi connectivity index (χ4v) is 3.94. The monoisotopic (exact) mass is 382 g/mol. The molecule has 0 spiro atoms. The topological polar surface area (TPSA) is 89.3 Å². The molecule has 7 heteroatoms. The fourth-order valence-electron chi connectivity index (χ4n) is 2.71. The van der Waals surface area contributed by atoms with Gasteiger partial charge in [-0.05, 0) is 35.7 Å². The molecule has 3 aromatic rings. The smallest absolute Gasteiger partial charge is 0.258 e. The number of nitrogens with zero attached hydrogens (tertiary/aromatic N) is 1. The Morgan fingerprint density at radius 2 is 1.41 bits per heavy atom. The molecule has 0 aliphatic rings. The number of nitro benzene ring substituents is 1. The zero-order valence-electron chi connectivity index (χ0n) is 14.6. The highest BCUT2D eigenvalue weighted by molar-refractivity contribution is 7.89. The van der Waals surface area contributed by atoms with Crippen LogP contribution in [-0.4, -0.2) is 13.3 Å². The summed E-state index contributed by atoms with van der Waals surface area (Å²) >= 11 is 0. The van der Waals surface area contributed by atoms with Crippen LogP contribution in [0.3, 0.4) is 0 Å². The van der Waals surface area contributed by atoms with Gasteiger partial charge in [-0.1, -0.05) is 54.6 Å². The molecule has 138 valence electrons. The average Bonchev–Trinajstić information content (AvgIpc) is 2.68. The predicted octanol–water partition coefficient (Wildman–Crippen LogP) is 4.30. The highest BCUT2D eigenvalue weighted by Crippen LogP contribution is 2.23. The van der Waals surface area contributed by atoms with Gasteiger partial charge in [0.1, 0.15) is 0 Å². The van der Waals surface area contributed by atoms with Crippen molar-refractivity contribution < 1.29 is 13.3 Å². The Labute approximate surface area is 157 Å². The van der Waals surface area contributed by atoms with Crippen LogP contribution >= 0.6 is 0 Å². The van der Waals surface area contributed by atoms with Gasteiger partial charge in [-0.3, -0.25) is 10.1 Å². The lowest BCUT2D eigenvalue weighted by atomic mass is 10.0. The normalized spacial score (nSPS) is 12.5. The molecule has 0 fully saturated rings. The fraction of sp³-hybridized carbons (Fsp3) is 0.100. The lowest BCUT2D eigenvalue weighted by Gasteiger charge is -2.15. The van der Waals surface area contributed by atoms with Gasteiger partial charge in [0.15, 0.2) is 0 Å². The maximum Gasteiger partial charge on any atom is 0.269 e. The van der Waals surface area contributed by atoms with E-state index in [0.717, 1.165) is 16.7 Å². The van der Waals surface area contributed by atoms with E-state index in [2.05, 4.69) is 4.72 Å². The molecule has 0 saturated carbocycles. The summed E-state index contributed by atoms with van der Waals surface area (Å²) in [5.74, 6) is 0. The molecule has 6 nitrogen and oxygen atoms in total. The second kappa shape index (κ2) is 7.69. The van der Waals surface area contributed by atoms with Crippen LogP contribution in [0, 0.1) is 10.1 Å². The first-order valence-electron chi connectivity index (χ1n) is 8.29. The lowest BCUT2D eigenvalue weighted by molar-refractivity contribution is -0.384. The second-order valence-electron chi connectivity index (χ2n) is 6.08. The molecule has 1 N–H and O–H groups in total. The van der Waals surface area contributed by atoms with E-state index in [1.165, 1.54) is 24.3 Å². The van der Waals surface area contributed by atoms with Gasteiger partial charge < -0.3 is 0 Å². The van der Waals surface area contributed by atoms with Gasteiger partial charge in [-0.15, -0.1) is 0 Å². The van der Waals surface area contributed by atoms with E-state index in [-0.39, 0.29) is 10.6 Å². The molecule has 0 amide bonds. The van der Waals surface area contributed by atoms with E-state index in [4.69, 9.17) is 0 Å². The van der Waals surface area contributed by atoms with Crippen LogP contribution in [0.25, 0.3) is 11.1 Å². The average molecular weight is 382 g/mol. The molecule has 1 unspecified atom stereocenters. The van der Waals surface area contributed by atoms with Crippen molar-refractivity contribution in [1.29, 1.82) is 0 Å². The number of non-ortho nitro benzene ring substituents is 1. The van der Waals surface area contributed by atoms with Crippen molar-refractivity contribution in [2.24, 2.45) is 0 Å². The summed E-state index contributed by atoms with van der Waals surface area (Å²) in [7, 11) is -3.79. The van der Waals surface area contributed by atoms with Crippen molar-refractivity contribution in [1.82, 2.24) is 4.72 Å². The maximum atomic E-state index is 12.5. The molecule has 0 aliphatic carbocycles. The third kappa shape index (κ3) is 4.39. The molecule has 0 aliphatic heterocycles. The Balaban J connectivity index is 1.75. The summed E-state index contributed by atoms with van der Waals surface area (Å²) in [4.78, 5) is 10.1.